The van der Waals surface area contributed by atoms with Crippen LogP contribution < -0.4 is 9.64 Å². The minimum absolute atomic E-state index is 0.176. The van der Waals surface area contributed by atoms with Crippen molar-refractivity contribution in [2.45, 2.75) is 17.7 Å². The zero-order valence-electron chi connectivity index (χ0n) is 9.05. The number of nitrogens with zero attached hydrogens (tertiary/aromatic N) is 1. The zero-order chi connectivity index (χ0) is 11.1. The number of hydrogen-bond donors (Lipinski definition) is 0. The first-order valence-electron chi connectivity index (χ1n) is 5.39. The molecule has 84 valence electrons. The molecular weight excluding hydrogens is 222 g/mol. The number of hydrogen-bond acceptors (Lipinski definition) is 3. The summed E-state index contributed by atoms with van der Waals surface area (Å²) in [6.45, 7) is 0. The lowest BCUT2D eigenvalue weighted by Gasteiger charge is -2.28. The molecule has 0 aromatic heterocycles. The molecule has 2 aliphatic rings. The molecule has 0 saturated carbocycles. The van der Waals surface area contributed by atoms with Crippen molar-refractivity contribution in [3.8, 4) is 5.75 Å². The molecule has 2 unspecified atom stereocenters. The van der Waals surface area contributed by atoms with Gasteiger partial charge in [-0.2, -0.15) is 0 Å². The standard InChI is InChI=1S/C12H13NO2S/c1-15-10-5-3-2-4-9(10)13-8-6-11(12(13)14)16-7-8/h2-5,8,11H,6-7H2,1H3. The van der Waals surface area contributed by atoms with E-state index in [0.29, 0.717) is 6.04 Å². The van der Waals surface area contributed by atoms with Crippen LogP contribution in [0.5, 0.6) is 5.75 Å². The van der Waals surface area contributed by atoms with Crippen LogP contribution in [-0.2, 0) is 4.79 Å². The predicted octanol–water partition coefficient (Wildman–Crippen LogP) is 1.92. The summed E-state index contributed by atoms with van der Waals surface area (Å²) in [7, 11) is 1.65. The largest absolute Gasteiger partial charge is 0.495 e. The molecule has 2 heterocycles. The summed E-state index contributed by atoms with van der Waals surface area (Å²) < 4.78 is 5.31. The number of ether oxygens (including phenoxy) is 1. The van der Waals surface area contributed by atoms with E-state index in [2.05, 4.69) is 0 Å². The summed E-state index contributed by atoms with van der Waals surface area (Å²) in [6, 6.07) is 8.10. The van der Waals surface area contributed by atoms with Crippen molar-refractivity contribution in [1.82, 2.24) is 0 Å². The molecule has 2 atom stereocenters. The van der Waals surface area contributed by atoms with Gasteiger partial charge in [-0.05, 0) is 18.6 Å². The molecule has 0 aliphatic carbocycles. The van der Waals surface area contributed by atoms with Gasteiger partial charge in [-0.1, -0.05) is 12.1 Å². The zero-order valence-corrected chi connectivity index (χ0v) is 9.87. The van der Waals surface area contributed by atoms with Gasteiger partial charge in [0, 0.05) is 11.8 Å². The number of carbonyl (C=O) groups is 1. The normalized spacial score (nSPS) is 27.6. The van der Waals surface area contributed by atoms with E-state index in [0.717, 1.165) is 23.6 Å². The van der Waals surface area contributed by atoms with Gasteiger partial charge in [0.2, 0.25) is 5.91 Å². The third kappa shape index (κ3) is 1.33. The van der Waals surface area contributed by atoms with Crippen molar-refractivity contribution >= 4 is 23.4 Å². The Morgan fingerprint density at radius 3 is 2.94 bits per heavy atom. The summed E-state index contributed by atoms with van der Waals surface area (Å²) >= 11 is 1.78. The minimum atomic E-state index is 0.176. The van der Waals surface area contributed by atoms with Crippen LogP contribution in [-0.4, -0.2) is 30.1 Å². The third-order valence-corrected chi connectivity index (χ3v) is 4.57. The van der Waals surface area contributed by atoms with E-state index < -0.39 is 0 Å². The van der Waals surface area contributed by atoms with E-state index in [4.69, 9.17) is 4.74 Å². The van der Waals surface area contributed by atoms with E-state index in [9.17, 15) is 4.79 Å². The molecule has 2 saturated heterocycles. The fourth-order valence-corrected chi connectivity index (χ4v) is 3.80. The average molecular weight is 235 g/mol. The maximum Gasteiger partial charge on any atom is 0.240 e. The van der Waals surface area contributed by atoms with Crippen LogP contribution in [0.4, 0.5) is 5.69 Å². The number of amides is 1. The Balaban J connectivity index is 2.01. The first-order valence-corrected chi connectivity index (χ1v) is 6.44. The number of rotatable bonds is 2. The molecule has 0 radical (unpaired) electrons. The number of anilines is 1. The van der Waals surface area contributed by atoms with Gasteiger partial charge in [0.1, 0.15) is 5.75 Å². The average Bonchev–Trinajstić information content (AvgIpc) is 2.89. The van der Waals surface area contributed by atoms with Gasteiger partial charge in [0.05, 0.1) is 18.0 Å². The maximum atomic E-state index is 12.1. The number of carbonyl (C=O) groups excluding carboxylic acids is 1. The molecule has 1 amide bonds. The summed E-state index contributed by atoms with van der Waals surface area (Å²) in [5.74, 6) is 2.08. The smallest absolute Gasteiger partial charge is 0.240 e. The highest BCUT2D eigenvalue weighted by Gasteiger charge is 2.46. The number of benzene rings is 1. The van der Waals surface area contributed by atoms with Crippen LogP contribution in [0.25, 0.3) is 0 Å². The summed E-state index contributed by atoms with van der Waals surface area (Å²) in [6.07, 6.45) is 0.988. The second kappa shape index (κ2) is 3.70. The number of fused-ring (bicyclic) bond motifs is 2. The highest BCUT2D eigenvalue weighted by Crippen LogP contribution is 2.43. The van der Waals surface area contributed by atoms with Crippen molar-refractivity contribution in [2.75, 3.05) is 17.8 Å². The molecule has 0 spiro atoms. The molecule has 2 bridgehead atoms. The maximum absolute atomic E-state index is 12.1. The van der Waals surface area contributed by atoms with Crippen LogP contribution in [0.15, 0.2) is 24.3 Å². The van der Waals surface area contributed by atoms with E-state index in [1.54, 1.807) is 18.9 Å². The SMILES string of the molecule is COc1ccccc1N1C(=O)C2CC1CS2. The van der Waals surface area contributed by atoms with Crippen molar-refractivity contribution in [2.24, 2.45) is 0 Å². The molecule has 3 rings (SSSR count). The van der Waals surface area contributed by atoms with Gasteiger partial charge in [-0.3, -0.25) is 4.79 Å². The topological polar surface area (TPSA) is 29.5 Å². The molecule has 2 fully saturated rings. The Morgan fingerprint density at radius 1 is 1.44 bits per heavy atom. The predicted molar refractivity (Wildman–Crippen MR) is 65.1 cm³/mol. The molecule has 0 N–H and O–H groups in total. The molecule has 1 aromatic rings. The molecular formula is C12H13NO2S. The van der Waals surface area contributed by atoms with Crippen LogP contribution >= 0.6 is 11.8 Å². The quantitative estimate of drug-likeness (QED) is 0.784. The van der Waals surface area contributed by atoms with Gasteiger partial charge in [0.15, 0.2) is 0 Å². The Kier molecular flexibility index (Phi) is 2.32. The van der Waals surface area contributed by atoms with E-state index in [1.807, 2.05) is 29.2 Å². The number of para-hydroxylation sites is 2. The van der Waals surface area contributed by atoms with Crippen molar-refractivity contribution in [1.29, 1.82) is 0 Å². The molecule has 3 nitrogen and oxygen atoms in total. The monoisotopic (exact) mass is 235 g/mol. The Hall–Kier alpha value is -1.16. The van der Waals surface area contributed by atoms with E-state index >= 15 is 0 Å². The molecule has 1 aromatic carbocycles. The van der Waals surface area contributed by atoms with Crippen LogP contribution in [0.3, 0.4) is 0 Å². The van der Waals surface area contributed by atoms with E-state index in [1.165, 1.54) is 0 Å². The lowest BCUT2D eigenvalue weighted by Crippen LogP contribution is -2.38. The second-order valence-corrected chi connectivity index (χ2v) is 5.33. The summed E-state index contributed by atoms with van der Waals surface area (Å²) in [5, 5.41) is 0.176. The van der Waals surface area contributed by atoms with Crippen LogP contribution in [0, 0.1) is 0 Å². The fourth-order valence-electron chi connectivity index (χ4n) is 2.44. The van der Waals surface area contributed by atoms with Gasteiger partial charge < -0.3 is 9.64 Å². The lowest BCUT2D eigenvalue weighted by atomic mass is 10.2. The number of methoxy groups -OCH3 is 1. The van der Waals surface area contributed by atoms with Gasteiger partial charge in [-0.15, -0.1) is 11.8 Å². The first kappa shape index (κ1) is 10.0. The van der Waals surface area contributed by atoms with Gasteiger partial charge in [0.25, 0.3) is 0 Å². The second-order valence-electron chi connectivity index (χ2n) is 4.09. The van der Waals surface area contributed by atoms with Crippen molar-refractivity contribution in [3.63, 3.8) is 0 Å². The van der Waals surface area contributed by atoms with Crippen molar-refractivity contribution in [3.05, 3.63) is 24.3 Å². The fraction of sp³-hybridized carbons (Fsp3) is 0.417. The first-order chi connectivity index (χ1) is 7.81. The Morgan fingerprint density at radius 2 is 2.25 bits per heavy atom. The van der Waals surface area contributed by atoms with Gasteiger partial charge in [-0.25, -0.2) is 0 Å². The molecule has 16 heavy (non-hydrogen) atoms. The van der Waals surface area contributed by atoms with Crippen molar-refractivity contribution < 1.29 is 9.53 Å². The Labute approximate surface area is 98.8 Å². The molecule has 2 aliphatic heterocycles. The van der Waals surface area contributed by atoms with Crippen LogP contribution in [0.1, 0.15) is 6.42 Å². The Bertz CT molecular complexity index is 435. The summed E-state index contributed by atoms with van der Waals surface area (Å²) in [5.41, 5.74) is 0.919. The lowest BCUT2D eigenvalue weighted by molar-refractivity contribution is -0.116. The number of thioether (sulfide) groups is 1. The highest BCUT2D eigenvalue weighted by atomic mass is 32.2. The minimum Gasteiger partial charge on any atom is -0.495 e. The molecule has 4 heteroatoms. The third-order valence-electron chi connectivity index (χ3n) is 3.20. The van der Waals surface area contributed by atoms with Crippen LogP contribution in [0.2, 0.25) is 0 Å². The van der Waals surface area contributed by atoms with E-state index in [-0.39, 0.29) is 11.2 Å². The highest BCUT2D eigenvalue weighted by molar-refractivity contribution is 8.01. The summed E-state index contributed by atoms with van der Waals surface area (Å²) in [4.78, 5) is 14.0. The van der Waals surface area contributed by atoms with Gasteiger partial charge >= 0.3 is 0 Å².